The Morgan fingerprint density at radius 3 is 3.00 bits per heavy atom. The Labute approximate surface area is 63.8 Å². The van der Waals surface area contributed by atoms with Crippen molar-refractivity contribution in [2.45, 2.75) is 19.8 Å². The number of nitrogens with zero attached hydrogens (tertiary/aromatic N) is 1. The van der Waals surface area contributed by atoms with Crippen molar-refractivity contribution < 1.29 is 4.79 Å². The second-order valence-corrected chi connectivity index (χ2v) is 4.05. The van der Waals surface area contributed by atoms with Crippen molar-refractivity contribution in [1.82, 2.24) is 4.90 Å². The van der Waals surface area contributed by atoms with Gasteiger partial charge in [-0.15, -0.1) is 8.58 Å². The molecule has 1 fully saturated rings. The highest BCUT2D eigenvalue weighted by atomic mass is 31.1. The SMILES string of the molecule is CCPCN1CCCC1=O. The van der Waals surface area contributed by atoms with Crippen molar-refractivity contribution >= 4 is 14.5 Å². The van der Waals surface area contributed by atoms with Gasteiger partial charge >= 0.3 is 0 Å². The Morgan fingerprint density at radius 1 is 1.70 bits per heavy atom. The summed E-state index contributed by atoms with van der Waals surface area (Å²) in [6, 6.07) is 0. The van der Waals surface area contributed by atoms with Crippen molar-refractivity contribution in [3.05, 3.63) is 0 Å². The number of carbonyl (C=O) groups excluding carboxylic acids is 1. The van der Waals surface area contributed by atoms with E-state index >= 15 is 0 Å². The summed E-state index contributed by atoms with van der Waals surface area (Å²) in [6.07, 6.45) is 4.08. The van der Waals surface area contributed by atoms with Crippen LogP contribution >= 0.6 is 8.58 Å². The molecule has 1 aliphatic rings. The maximum absolute atomic E-state index is 11.0. The number of hydrogen-bond acceptors (Lipinski definition) is 1. The zero-order chi connectivity index (χ0) is 7.40. The molecule has 1 amide bonds. The maximum atomic E-state index is 11.0. The average molecular weight is 159 g/mol. The van der Waals surface area contributed by atoms with Crippen molar-refractivity contribution in [3.63, 3.8) is 0 Å². The van der Waals surface area contributed by atoms with E-state index in [-0.39, 0.29) is 0 Å². The fourth-order valence-corrected chi connectivity index (χ4v) is 1.95. The quantitative estimate of drug-likeness (QED) is 0.568. The number of carbonyl (C=O) groups is 1. The molecule has 0 saturated carbocycles. The molecule has 1 unspecified atom stereocenters. The molecule has 0 aromatic rings. The molecule has 3 heteroatoms. The van der Waals surface area contributed by atoms with E-state index in [0.29, 0.717) is 5.91 Å². The Morgan fingerprint density at radius 2 is 2.50 bits per heavy atom. The molecule has 0 radical (unpaired) electrons. The predicted molar refractivity (Wildman–Crippen MR) is 44.7 cm³/mol. The number of rotatable bonds is 3. The van der Waals surface area contributed by atoms with Gasteiger partial charge in [0.2, 0.25) is 5.91 Å². The zero-order valence-electron chi connectivity index (χ0n) is 6.39. The van der Waals surface area contributed by atoms with Crippen molar-refractivity contribution in [1.29, 1.82) is 0 Å². The van der Waals surface area contributed by atoms with Crippen molar-refractivity contribution in [3.8, 4) is 0 Å². The number of likely N-dealkylation sites (tertiary alicyclic amines) is 1. The Kier molecular flexibility index (Phi) is 3.14. The smallest absolute Gasteiger partial charge is 0.222 e. The van der Waals surface area contributed by atoms with Crippen LogP contribution in [0.1, 0.15) is 19.8 Å². The highest BCUT2D eigenvalue weighted by Crippen LogP contribution is 2.17. The van der Waals surface area contributed by atoms with Crippen LogP contribution in [0.3, 0.4) is 0 Å². The van der Waals surface area contributed by atoms with Gasteiger partial charge in [0, 0.05) is 19.3 Å². The fourth-order valence-electron chi connectivity index (χ4n) is 1.12. The van der Waals surface area contributed by atoms with Gasteiger partial charge in [0.25, 0.3) is 0 Å². The van der Waals surface area contributed by atoms with Gasteiger partial charge in [-0.3, -0.25) is 4.79 Å². The van der Waals surface area contributed by atoms with E-state index < -0.39 is 0 Å². The van der Waals surface area contributed by atoms with Crippen LogP contribution < -0.4 is 0 Å². The van der Waals surface area contributed by atoms with E-state index in [1.807, 2.05) is 4.90 Å². The molecule has 0 aromatic heterocycles. The third kappa shape index (κ3) is 1.95. The van der Waals surface area contributed by atoms with Crippen LogP contribution in [0.2, 0.25) is 0 Å². The Balaban J connectivity index is 2.20. The summed E-state index contributed by atoms with van der Waals surface area (Å²) in [5.41, 5.74) is 0. The lowest BCUT2D eigenvalue weighted by Gasteiger charge is -2.13. The summed E-state index contributed by atoms with van der Waals surface area (Å²) >= 11 is 0. The summed E-state index contributed by atoms with van der Waals surface area (Å²) < 4.78 is 0. The van der Waals surface area contributed by atoms with Crippen LogP contribution in [0.15, 0.2) is 0 Å². The van der Waals surface area contributed by atoms with Crippen LogP contribution in [-0.4, -0.2) is 29.8 Å². The van der Waals surface area contributed by atoms with E-state index in [2.05, 4.69) is 6.92 Å². The van der Waals surface area contributed by atoms with Crippen LogP contribution in [0.25, 0.3) is 0 Å². The molecule has 0 N–H and O–H groups in total. The minimum absolute atomic E-state index is 0.362. The minimum Gasteiger partial charge on any atom is -0.339 e. The lowest BCUT2D eigenvalue weighted by Crippen LogP contribution is -2.23. The topological polar surface area (TPSA) is 20.3 Å². The van der Waals surface area contributed by atoms with Crippen molar-refractivity contribution in [2.75, 3.05) is 19.0 Å². The molecule has 1 heterocycles. The van der Waals surface area contributed by atoms with Gasteiger partial charge in [-0.25, -0.2) is 0 Å². The molecule has 58 valence electrons. The first-order chi connectivity index (χ1) is 4.84. The molecule has 1 atom stereocenters. The normalized spacial score (nSPS) is 19.7. The highest BCUT2D eigenvalue weighted by molar-refractivity contribution is 7.37. The molecule has 0 spiro atoms. The average Bonchev–Trinajstić information content (AvgIpc) is 2.31. The van der Waals surface area contributed by atoms with Gasteiger partial charge in [-0.05, 0) is 12.6 Å². The van der Waals surface area contributed by atoms with E-state index in [1.54, 1.807) is 0 Å². The van der Waals surface area contributed by atoms with Gasteiger partial charge in [0.1, 0.15) is 0 Å². The first kappa shape index (κ1) is 8.00. The molecular weight excluding hydrogens is 145 g/mol. The predicted octanol–water partition coefficient (Wildman–Crippen LogP) is 1.26. The van der Waals surface area contributed by atoms with E-state index in [0.717, 1.165) is 34.3 Å². The molecule has 10 heavy (non-hydrogen) atoms. The number of amides is 1. The van der Waals surface area contributed by atoms with E-state index in [4.69, 9.17) is 0 Å². The monoisotopic (exact) mass is 159 g/mol. The van der Waals surface area contributed by atoms with Crippen LogP contribution in [0.4, 0.5) is 0 Å². The largest absolute Gasteiger partial charge is 0.339 e. The van der Waals surface area contributed by atoms with Crippen molar-refractivity contribution in [2.24, 2.45) is 0 Å². The first-order valence-corrected chi connectivity index (χ1v) is 5.24. The third-order valence-corrected chi connectivity index (χ3v) is 2.83. The summed E-state index contributed by atoms with van der Waals surface area (Å²) in [7, 11) is 0.940. The molecule has 0 aliphatic carbocycles. The maximum Gasteiger partial charge on any atom is 0.222 e. The standard InChI is InChI=1S/C7H14NOP/c1-2-10-6-8-5-3-4-7(8)9/h10H,2-6H2,1H3. The van der Waals surface area contributed by atoms with Crippen LogP contribution in [-0.2, 0) is 4.79 Å². The number of hydrogen-bond donors (Lipinski definition) is 0. The van der Waals surface area contributed by atoms with Gasteiger partial charge in [0.05, 0.1) is 0 Å². The second kappa shape index (κ2) is 3.92. The zero-order valence-corrected chi connectivity index (χ0v) is 7.39. The third-order valence-electron chi connectivity index (χ3n) is 1.72. The molecule has 1 rings (SSSR count). The molecular formula is C7H14NOP. The second-order valence-electron chi connectivity index (χ2n) is 2.52. The molecule has 0 aromatic carbocycles. The molecule has 1 saturated heterocycles. The van der Waals surface area contributed by atoms with E-state index in [1.165, 1.54) is 6.16 Å². The highest BCUT2D eigenvalue weighted by Gasteiger charge is 2.18. The van der Waals surface area contributed by atoms with Gasteiger partial charge in [-0.1, -0.05) is 6.92 Å². The van der Waals surface area contributed by atoms with Gasteiger partial charge in [0.15, 0.2) is 0 Å². The first-order valence-electron chi connectivity index (χ1n) is 3.83. The lowest BCUT2D eigenvalue weighted by atomic mass is 10.4. The molecule has 1 aliphatic heterocycles. The Hall–Kier alpha value is -0.100. The summed E-state index contributed by atoms with van der Waals surface area (Å²) in [6.45, 7) is 3.17. The molecule has 0 bridgehead atoms. The van der Waals surface area contributed by atoms with Crippen LogP contribution in [0, 0.1) is 0 Å². The Bertz CT molecular complexity index is 127. The lowest BCUT2D eigenvalue weighted by molar-refractivity contribution is -0.126. The summed E-state index contributed by atoms with van der Waals surface area (Å²) in [4.78, 5) is 13.0. The van der Waals surface area contributed by atoms with Gasteiger partial charge in [-0.2, -0.15) is 0 Å². The molecule has 2 nitrogen and oxygen atoms in total. The van der Waals surface area contributed by atoms with E-state index in [9.17, 15) is 4.79 Å². The fraction of sp³-hybridized carbons (Fsp3) is 0.857. The summed E-state index contributed by atoms with van der Waals surface area (Å²) in [5.74, 6) is 0.362. The summed E-state index contributed by atoms with van der Waals surface area (Å²) in [5, 5.41) is 0. The minimum atomic E-state index is 0.362. The van der Waals surface area contributed by atoms with Gasteiger partial charge < -0.3 is 4.90 Å². The van der Waals surface area contributed by atoms with Crippen LogP contribution in [0.5, 0.6) is 0 Å².